The van der Waals surface area contributed by atoms with E-state index in [1.807, 2.05) is 55.1 Å². The number of thioether (sulfide) groups is 1. The summed E-state index contributed by atoms with van der Waals surface area (Å²) >= 11 is 5.48. The highest BCUT2D eigenvalue weighted by molar-refractivity contribution is 9.10. The lowest BCUT2D eigenvalue weighted by molar-refractivity contribution is 0.0998. The summed E-state index contributed by atoms with van der Waals surface area (Å²) in [5.41, 5.74) is 3.58. The number of furan rings is 1. The third-order valence-electron chi connectivity index (χ3n) is 4.80. The Bertz CT molecular complexity index is 979. The van der Waals surface area contributed by atoms with Gasteiger partial charge in [0.1, 0.15) is 5.58 Å². The van der Waals surface area contributed by atoms with Crippen molar-refractivity contribution in [3.8, 4) is 0 Å². The van der Waals surface area contributed by atoms with Crippen molar-refractivity contribution in [2.75, 3.05) is 29.9 Å². The Kier molecular flexibility index (Phi) is 5.57. The first-order valence-electron chi connectivity index (χ1n) is 8.99. The molecule has 27 heavy (non-hydrogen) atoms. The molecule has 6 heteroatoms. The Balaban J connectivity index is 1.51. The van der Waals surface area contributed by atoms with Gasteiger partial charge in [0.2, 0.25) is 0 Å². The number of nitrogens with one attached hydrogen (secondary N) is 1. The lowest BCUT2D eigenvalue weighted by Gasteiger charge is -2.26. The van der Waals surface area contributed by atoms with E-state index >= 15 is 0 Å². The SMILES string of the molecule is Cc1c(C(=O)Nc2cccc(CN3CCSCC3)c2)oc2ccc(Br)cc12. The molecule has 1 aliphatic rings. The molecule has 1 saturated heterocycles. The molecule has 0 saturated carbocycles. The molecule has 1 amide bonds. The minimum Gasteiger partial charge on any atom is -0.451 e. The Labute approximate surface area is 171 Å². The van der Waals surface area contributed by atoms with Crippen molar-refractivity contribution in [2.45, 2.75) is 13.5 Å². The normalized spacial score (nSPS) is 15.2. The van der Waals surface area contributed by atoms with E-state index in [4.69, 9.17) is 4.42 Å². The maximum absolute atomic E-state index is 12.8. The summed E-state index contributed by atoms with van der Waals surface area (Å²) < 4.78 is 6.76. The second kappa shape index (κ2) is 8.09. The summed E-state index contributed by atoms with van der Waals surface area (Å²) in [5.74, 6) is 2.53. The van der Waals surface area contributed by atoms with Crippen LogP contribution in [0.3, 0.4) is 0 Å². The highest BCUT2D eigenvalue weighted by atomic mass is 79.9. The Hall–Kier alpha value is -1.76. The fourth-order valence-electron chi connectivity index (χ4n) is 3.36. The summed E-state index contributed by atoms with van der Waals surface area (Å²) in [5, 5.41) is 3.94. The summed E-state index contributed by atoms with van der Waals surface area (Å²) in [6.45, 7) is 5.07. The zero-order chi connectivity index (χ0) is 18.8. The Morgan fingerprint density at radius 3 is 2.85 bits per heavy atom. The van der Waals surface area contributed by atoms with Gasteiger partial charge in [-0.1, -0.05) is 28.1 Å². The summed E-state index contributed by atoms with van der Waals surface area (Å²) in [6.07, 6.45) is 0. The minimum absolute atomic E-state index is 0.216. The fourth-order valence-corrected chi connectivity index (χ4v) is 4.70. The number of rotatable bonds is 4. The topological polar surface area (TPSA) is 45.5 Å². The molecule has 2 aromatic carbocycles. The molecule has 0 radical (unpaired) electrons. The average molecular weight is 445 g/mol. The van der Waals surface area contributed by atoms with Gasteiger partial charge in [0.15, 0.2) is 5.76 Å². The van der Waals surface area contributed by atoms with Gasteiger partial charge < -0.3 is 9.73 Å². The molecule has 4 nitrogen and oxygen atoms in total. The molecular formula is C21H21BrN2O2S. The minimum atomic E-state index is -0.216. The molecule has 1 N–H and O–H groups in total. The van der Waals surface area contributed by atoms with Crippen LogP contribution in [0.1, 0.15) is 21.7 Å². The van der Waals surface area contributed by atoms with Crippen LogP contribution in [-0.2, 0) is 6.54 Å². The monoisotopic (exact) mass is 444 g/mol. The second-order valence-electron chi connectivity index (χ2n) is 6.74. The van der Waals surface area contributed by atoms with Crippen LogP contribution in [0.15, 0.2) is 51.4 Å². The highest BCUT2D eigenvalue weighted by Gasteiger charge is 2.18. The lowest BCUT2D eigenvalue weighted by Crippen LogP contribution is -2.31. The molecule has 1 aliphatic heterocycles. The molecule has 1 fully saturated rings. The number of benzene rings is 2. The van der Waals surface area contributed by atoms with Crippen molar-refractivity contribution in [3.05, 3.63) is 63.8 Å². The van der Waals surface area contributed by atoms with Crippen LogP contribution >= 0.6 is 27.7 Å². The van der Waals surface area contributed by atoms with E-state index in [2.05, 4.69) is 32.2 Å². The molecule has 3 aromatic rings. The smallest absolute Gasteiger partial charge is 0.291 e. The number of fused-ring (bicyclic) bond motifs is 1. The predicted octanol–water partition coefficient (Wildman–Crippen LogP) is 5.30. The quantitative estimate of drug-likeness (QED) is 0.592. The number of aryl methyl sites for hydroxylation is 1. The van der Waals surface area contributed by atoms with Gasteiger partial charge in [-0.15, -0.1) is 0 Å². The highest BCUT2D eigenvalue weighted by Crippen LogP contribution is 2.28. The number of hydrogen-bond donors (Lipinski definition) is 1. The fraction of sp³-hybridized carbons (Fsp3) is 0.286. The van der Waals surface area contributed by atoms with Crippen molar-refractivity contribution < 1.29 is 9.21 Å². The number of carbonyl (C=O) groups excluding carboxylic acids is 1. The van der Waals surface area contributed by atoms with Crippen molar-refractivity contribution in [3.63, 3.8) is 0 Å². The van der Waals surface area contributed by atoms with Crippen LogP contribution in [0.5, 0.6) is 0 Å². The van der Waals surface area contributed by atoms with Crippen LogP contribution < -0.4 is 5.32 Å². The first-order chi connectivity index (χ1) is 13.1. The van der Waals surface area contributed by atoms with Crippen molar-refractivity contribution in [1.82, 2.24) is 4.90 Å². The first kappa shape index (κ1) is 18.6. The van der Waals surface area contributed by atoms with Crippen molar-refractivity contribution in [2.24, 2.45) is 0 Å². The number of nitrogens with zero attached hydrogens (tertiary/aromatic N) is 1. The van der Waals surface area contributed by atoms with Crippen LogP contribution in [-0.4, -0.2) is 35.4 Å². The van der Waals surface area contributed by atoms with Gasteiger partial charge >= 0.3 is 0 Å². The van der Waals surface area contributed by atoms with Crippen LogP contribution in [0, 0.1) is 6.92 Å². The number of amides is 1. The van der Waals surface area contributed by atoms with E-state index in [-0.39, 0.29) is 5.91 Å². The largest absolute Gasteiger partial charge is 0.451 e. The molecule has 1 aromatic heterocycles. The molecule has 2 heterocycles. The first-order valence-corrected chi connectivity index (χ1v) is 10.9. The van der Waals surface area contributed by atoms with E-state index in [1.54, 1.807) is 0 Å². The van der Waals surface area contributed by atoms with Gasteiger partial charge in [-0.3, -0.25) is 9.69 Å². The molecule has 4 rings (SSSR count). The number of hydrogen-bond acceptors (Lipinski definition) is 4. The predicted molar refractivity (Wildman–Crippen MR) is 116 cm³/mol. The molecule has 0 aliphatic carbocycles. The van der Waals surface area contributed by atoms with Gasteiger partial charge in [0.25, 0.3) is 5.91 Å². The van der Waals surface area contributed by atoms with E-state index in [0.29, 0.717) is 5.76 Å². The molecular weight excluding hydrogens is 424 g/mol. The molecule has 0 spiro atoms. The lowest BCUT2D eigenvalue weighted by atomic mass is 10.1. The number of anilines is 1. The Morgan fingerprint density at radius 2 is 2.04 bits per heavy atom. The van der Waals surface area contributed by atoms with Gasteiger partial charge in [-0.25, -0.2) is 0 Å². The van der Waals surface area contributed by atoms with Crippen molar-refractivity contribution in [1.29, 1.82) is 0 Å². The van der Waals surface area contributed by atoms with E-state index in [1.165, 1.54) is 17.1 Å². The molecule has 140 valence electrons. The van der Waals surface area contributed by atoms with Gasteiger partial charge in [-0.2, -0.15) is 11.8 Å². The van der Waals surface area contributed by atoms with Crippen LogP contribution in [0.4, 0.5) is 5.69 Å². The van der Waals surface area contributed by atoms with Gasteiger partial charge in [0, 0.05) is 52.2 Å². The van der Waals surface area contributed by atoms with Crippen molar-refractivity contribution >= 4 is 50.3 Å². The van der Waals surface area contributed by atoms with Gasteiger partial charge in [-0.05, 0) is 42.8 Å². The number of halogens is 1. The number of carbonyl (C=O) groups is 1. The van der Waals surface area contributed by atoms with Crippen LogP contribution in [0.25, 0.3) is 11.0 Å². The molecule has 0 atom stereocenters. The summed E-state index contributed by atoms with van der Waals surface area (Å²) in [6, 6.07) is 13.8. The summed E-state index contributed by atoms with van der Waals surface area (Å²) in [7, 11) is 0. The zero-order valence-electron chi connectivity index (χ0n) is 15.1. The van der Waals surface area contributed by atoms with Crippen LogP contribution in [0.2, 0.25) is 0 Å². The van der Waals surface area contributed by atoms with E-state index in [9.17, 15) is 4.79 Å². The summed E-state index contributed by atoms with van der Waals surface area (Å²) in [4.78, 5) is 15.2. The average Bonchev–Trinajstić information content (AvgIpc) is 2.99. The zero-order valence-corrected chi connectivity index (χ0v) is 17.5. The third-order valence-corrected chi connectivity index (χ3v) is 6.23. The maximum Gasteiger partial charge on any atom is 0.291 e. The van der Waals surface area contributed by atoms with Gasteiger partial charge in [0.05, 0.1) is 0 Å². The second-order valence-corrected chi connectivity index (χ2v) is 8.88. The molecule has 0 unspecified atom stereocenters. The Morgan fingerprint density at radius 1 is 1.22 bits per heavy atom. The standard InChI is InChI=1S/C21H21BrN2O2S/c1-14-18-12-16(22)5-6-19(18)26-20(14)21(25)23-17-4-2-3-15(11-17)13-24-7-9-27-10-8-24/h2-6,11-12H,7-10,13H2,1H3,(H,23,25). The third kappa shape index (κ3) is 4.23. The van der Waals surface area contributed by atoms with E-state index < -0.39 is 0 Å². The van der Waals surface area contributed by atoms with E-state index in [0.717, 1.165) is 46.3 Å². The molecule has 0 bridgehead atoms. The maximum atomic E-state index is 12.8.